The monoisotopic (exact) mass is 293 g/mol. The van der Waals surface area contributed by atoms with Crippen LogP contribution in [0, 0.1) is 6.92 Å². The number of likely N-dealkylation sites (N-methyl/N-ethyl adjacent to an activating group) is 1. The van der Waals surface area contributed by atoms with Crippen molar-refractivity contribution in [2.24, 2.45) is 0 Å². The molecule has 2 rings (SSSR count). The first-order chi connectivity index (χ1) is 9.63. The Labute approximate surface area is 122 Å². The number of nitrogens with zero attached hydrogens (tertiary/aromatic N) is 1. The molecule has 1 aromatic heterocycles. The van der Waals surface area contributed by atoms with Gasteiger partial charge < -0.3 is 15.0 Å². The predicted octanol–water partition coefficient (Wildman–Crippen LogP) is 2.11. The molecule has 1 unspecified atom stereocenters. The lowest BCUT2D eigenvalue weighted by atomic mass is 10.2. The molecule has 0 radical (unpaired) electrons. The van der Waals surface area contributed by atoms with E-state index in [4.69, 9.17) is 4.74 Å². The highest BCUT2D eigenvalue weighted by Gasteiger charge is 2.16. The Balaban J connectivity index is 1.94. The first-order valence-corrected chi connectivity index (χ1v) is 7.47. The average molecular weight is 293 g/mol. The number of hydrogen-bond donors (Lipinski definition) is 2. The number of benzene rings is 1. The number of esters is 1. The summed E-state index contributed by atoms with van der Waals surface area (Å²) in [6.45, 7) is 2.06. The van der Waals surface area contributed by atoms with Gasteiger partial charge >= 0.3 is 5.97 Å². The molecule has 5 nitrogen and oxygen atoms in total. The van der Waals surface area contributed by atoms with E-state index in [-0.39, 0.29) is 12.0 Å². The topological polar surface area (TPSA) is 67.0 Å². The Morgan fingerprint density at radius 2 is 2.35 bits per heavy atom. The van der Waals surface area contributed by atoms with Crippen molar-refractivity contribution in [3.8, 4) is 0 Å². The van der Waals surface area contributed by atoms with E-state index < -0.39 is 0 Å². The van der Waals surface area contributed by atoms with E-state index in [1.54, 1.807) is 18.8 Å². The van der Waals surface area contributed by atoms with Crippen molar-refractivity contribution in [3.63, 3.8) is 0 Å². The molecule has 1 heterocycles. The fourth-order valence-corrected chi connectivity index (χ4v) is 2.86. The first-order valence-electron chi connectivity index (χ1n) is 6.48. The summed E-state index contributed by atoms with van der Waals surface area (Å²) in [5.74, 6) is 0.563. The summed E-state index contributed by atoms with van der Waals surface area (Å²) >= 11 is 1.61. The molecule has 0 saturated carbocycles. The van der Waals surface area contributed by atoms with Crippen molar-refractivity contribution in [2.75, 3.05) is 19.9 Å². The third-order valence-electron chi connectivity index (χ3n) is 3.10. The Morgan fingerprint density at radius 3 is 3.05 bits per heavy atom. The van der Waals surface area contributed by atoms with Gasteiger partial charge in [0.25, 0.3) is 0 Å². The van der Waals surface area contributed by atoms with Crippen molar-refractivity contribution in [1.29, 1.82) is 0 Å². The second kappa shape index (κ2) is 6.76. The van der Waals surface area contributed by atoms with E-state index in [1.807, 2.05) is 12.1 Å². The highest BCUT2D eigenvalue weighted by Crippen LogP contribution is 2.21. The highest BCUT2D eigenvalue weighted by molar-refractivity contribution is 7.99. The molecule has 2 N–H and O–H groups in total. The van der Waals surface area contributed by atoms with Gasteiger partial charge in [0.1, 0.15) is 6.04 Å². The van der Waals surface area contributed by atoms with Crippen molar-refractivity contribution < 1.29 is 9.53 Å². The predicted molar refractivity (Wildman–Crippen MR) is 81.0 cm³/mol. The molecule has 0 aliphatic rings. The van der Waals surface area contributed by atoms with Gasteiger partial charge in [-0.3, -0.25) is 4.79 Å². The van der Waals surface area contributed by atoms with E-state index in [1.165, 1.54) is 12.7 Å². The van der Waals surface area contributed by atoms with Crippen LogP contribution in [0.4, 0.5) is 0 Å². The molecule has 0 amide bonds. The number of carbonyl (C=O) groups excluding carboxylic acids is 1. The molecule has 0 bridgehead atoms. The van der Waals surface area contributed by atoms with Gasteiger partial charge in [0.15, 0.2) is 5.16 Å². The number of methoxy groups -OCH3 is 1. The van der Waals surface area contributed by atoms with E-state index in [0.717, 1.165) is 21.9 Å². The van der Waals surface area contributed by atoms with Crippen molar-refractivity contribution in [1.82, 2.24) is 15.3 Å². The molecule has 108 valence electrons. The molecule has 6 heteroatoms. The molecular weight excluding hydrogens is 274 g/mol. The minimum atomic E-state index is -0.265. The first kappa shape index (κ1) is 14.9. The minimum absolute atomic E-state index is 0.228. The normalized spacial score (nSPS) is 12.6. The van der Waals surface area contributed by atoms with Gasteiger partial charge in [-0.1, -0.05) is 17.8 Å². The third-order valence-corrected chi connectivity index (χ3v) is 4.00. The van der Waals surface area contributed by atoms with Crippen LogP contribution in [0.5, 0.6) is 0 Å². The van der Waals surface area contributed by atoms with E-state index in [0.29, 0.717) is 6.42 Å². The third kappa shape index (κ3) is 3.52. The van der Waals surface area contributed by atoms with E-state index in [9.17, 15) is 4.79 Å². The Morgan fingerprint density at radius 1 is 1.55 bits per heavy atom. The van der Waals surface area contributed by atoms with Gasteiger partial charge in [-0.25, -0.2) is 4.98 Å². The largest absolute Gasteiger partial charge is 0.468 e. The molecule has 2 aromatic rings. The number of thioether (sulfide) groups is 1. The summed E-state index contributed by atoms with van der Waals surface area (Å²) in [4.78, 5) is 19.2. The van der Waals surface area contributed by atoms with Gasteiger partial charge in [-0.2, -0.15) is 0 Å². The average Bonchev–Trinajstić information content (AvgIpc) is 2.84. The summed E-state index contributed by atoms with van der Waals surface area (Å²) in [6.07, 6.45) is 0.698. The summed E-state index contributed by atoms with van der Waals surface area (Å²) in [5, 5.41) is 3.83. The summed E-state index contributed by atoms with van der Waals surface area (Å²) in [6, 6.07) is 5.87. The number of carbonyl (C=O) groups is 1. The number of H-pyrrole nitrogens is 1. The molecule has 20 heavy (non-hydrogen) atoms. The van der Waals surface area contributed by atoms with Crippen LogP contribution in [0.3, 0.4) is 0 Å². The zero-order valence-corrected chi connectivity index (χ0v) is 12.7. The number of fused-ring (bicyclic) bond motifs is 1. The fourth-order valence-electron chi connectivity index (χ4n) is 1.96. The van der Waals surface area contributed by atoms with E-state index >= 15 is 0 Å². The SMILES string of the molecule is CNC(CCSc1nc2ccc(C)cc2[nH]1)C(=O)OC. The lowest BCUT2D eigenvalue weighted by molar-refractivity contribution is -0.143. The molecule has 0 aliphatic carbocycles. The lowest BCUT2D eigenvalue weighted by Crippen LogP contribution is -2.35. The molecule has 0 spiro atoms. The van der Waals surface area contributed by atoms with Crippen LogP contribution in [-0.4, -0.2) is 41.9 Å². The minimum Gasteiger partial charge on any atom is -0.468 e. The van der Waals surface area contributed by atoms with Crippen LogP contribution >= 0.6 is 11.8 Å². The van der Waals surface area contributed by atoms with Crippen molar-refractivity contribution in [2.45, 2.75) is 24.5 Å². The zero-order chi connectivity index (χ0) is 14.5. The van der Waals surface area contributed by atoms with Gasteiger partial charge in [-0.15, -0.1) is 0 Å². The summed E-state index contributed by atoms with van der Waals surface area (Å²) in [5.41, 5.74) is 3.22. The number of aromatic nitrogens is 2. The molecule has 0 fully saturated rings. The van der Waals surface area contributed by atoms with Crippen LogP contribution in [0.15, 0.2) is 23.4 Å². The molecule has 1 atom stereocenters. The second-order valence-electron chi connectivity index (χ2n) is 4.56. The van der Waals surface area contributed by atoms with Gasteiger partial charge in [0.05, 0.1) is 18.1 Å². The maximum atomic E-state index is 11.4. The van der Waals surface area contributed by atoms with Crippen molar-refractivity contribution in [3.05, 3.63) is 23.8 Å². The number of aromatic amines is 1. The Bertz CT molecular complexity index is 597. The molecule has 0 aliphatic heterocycles. The molecular formula is C14H19N3O2S. The van der Waals surface area contributed by atoms with Crippen LogP contribution in [0.1, 0.15) is 12.0 Å². The summed E-state index contributed by atoms with van der Waals surface area (Å²) < 4.78 is 4.73. The number of aryl methyl sites for hydroxylation is 1. The number of hydrogen-bond acceptors (Lipinski definition) is 5. The lowest BCUT2D eigenvalue weighted by Gasteiger charge is -2.12. The number of imidazole rings is 1. The quantitative estimate of drug-likeness (QED) is 0.631. The van der Waals surface area contributed by atoms with Gasteiger partial charge in [-0.05, 0) is 38.1 Å². The van der Waals surface area contributed by atoms with Crippen LogP contribution < -0.4 is 5.32 Å². The van der Waals surface area contributed by atoms with E-state index in [2.05, 4.69) is 28.3 Å². The zero-order valence-electron chi connectivity index (χ0n) is 11.9. The van der Waals surface area contributed by atoms with Crippen LogP contribution in [0.2, 0.25) is 0 Å². The number of rotatable bonds is 6. The summed E-state index contributed by atoms with van der Waals surface area (Å²) in [7, 11) is 3.16. The van der Waals surface area contributed by atoms with Crippen molar-refractivity contribution >= 4 is 28.8 Å². The number of nitrogens with one attached hydrogen (secondary N) is 2. The second-order valence-corrected chi connectivity index (χ2v) is 5.65. The maximum Gasteiger partial charge on any atom is 0.322 e. The maximum absolute atomic E-state index is 11.4. The van der Waals surface area contributed by atoms with Gasteiger partial charge in [0.2, 0.25) is 0 Å². The molecule has 0 saturated heterocycles. The number of ether oxygens (including phenoxy) is 1. The Kier molecular flexibility index (Phi) is 5.03. The fraction of sp³-hybridized carbons (Fsp3) is 0.429. The van der Waals surface area contributed by atoms with Crippen LogP contribution in [-0.2, 0) is 9.53 Å². The van der Waals surface area contributed by atoms with Gasteiger partial charge in [0, 0.05) is 5.75 Å². The van der Waals surface area contributed by atoms with Crippen LogP contribution in [0.25, 0.3) is 11.0 Å². The highest BCUT2D eigenvalue weighted by atomic mass is 32.2. The Hall–Kier alpha value is -1.53. The standard InChI is InChI=1S/C14H19N3O2S/c1-9-4-5-10-12(8-9)17-14(16-10)20-7-6-11(15-2)13(18)19-3/h4-5,8,11,15H,6-7H2,1-3H3,(H,16,17). The molecule has 1 aromatic carbocycles. The smallest absolute Gasteiger partial charge is 0.322 e.